The third kappa shape index (κ3) is 4.24. The molecule has 146 valence electrons. The molecule has 0 fully saturated rings. The minimum Gasteiger partial charge on any atom is -0.492 e. The summed E-state index contributed by atoms with van der Waals surface area (Å²) >= 11 is 0. The Labute approximate surface area is 160 Å². The van der Waals surface area contributed by atoms with E-state index in [0.717, 1.165) is 0 Å². The fourth-order valence-electron chi connectivity index (χ4n) is 2.45. The van der Waals surface area contributed by atoms with Gasteiger partial charge in [0.2, 0.25) is 0 Å². The zero-order chi connectivity index (χ0) is 20.6. The standard InChI is InChI=1S/C22H28O5/c1-13-16(26-19(23)21(2,3)4)14-11-9-10-12-15(14)18(17(13)25-8)27-20(24)22(5,6)7/h9-12H,1-8H3. The van der Waals surface area contributed by atoms with E-state index in [9.17, 15) is 9.59 Å². The molecular weight excluding hydrogens is 344 g/mol. The molecule has 0 aliphatic heterocycles. The van der Waals surface area contributed by atoms with E-state index < -0.39 is 10.8 Å². The molecular formula is C22H28O5. The summed E-state index contributed by atoms with van der Waals surface area (Å²) in [7, 11) is 1.50. The van der Waals surface area contributed by atoms with Crippen LogP contribution in [0.1, 0.15) is 47.1 Å². The Bertz CT molecular complexity index is 882. The Morgan fingerprint density at radius 3 is 1.56 bits per heavy atom. The van der Waals surface area contributed by atoms with Crippen LogP contribution < -0.4 is 14.2 Å². The summed E-state index contributed by atoms with van der Waals surface area (Å²) in [4.78, 5) is 25.0. The Kier molecular flexibility index (Phi) is 5.55. The van der Waals surface area contributed by atoms with Crippen LogP contribution in [0.4, 0.5) is 0 Å². The Morgan fingerprint density at radius 2 is 1.15 bits per heavy atom. The molecule has 2 aromatic rings. The Balaban J connectivity index is 2.72. The maximum Gasteiger partial charge on any atom is 0.316 e. The molecule has 0 heterocycles. The van der Waals surface area contributed by atoms with Gasteiger partial charge in [0.25, 0.3) is 0 Å². The van der Waals surface area contributed by atoms with Crippen LogP contribution in [0.5, 0.6) is 17.2 Å². The molecule has 0 radical (unpaired) electrons. The zero-order valence-electron chi connectivity index (χ0n) is 17.4. The summed E-state index contributed by atoms with van der Waals surface area (Å²) in [6, 6.07) is 7.33. The quantitative estimate of drug-likeness (QED) is 0.557. The fraction of sp³-hybridized carbons (Fsp3) is 0.455. The van der Waals surface area contributed by atoms with Gasteiger partial charge in [0, 0.05) is 16.3 Å². The summed E-state index contributed by atoms with van der Waals surface area (Å²) in [5, 5.41) is 1.33. The molecule has 0 unspecified atom stereocenters. The molecule has 0 aliphatic rings. The van der Waals surface area contributed by atoms with E-state index in [0.29, 0.717) is 33.6 Å². The first kappa shape index (κ1) is 20.7. The van der Waals surface area contributed by atoms with Gasteiger partial charge >= 0.3 is 11.9 Å². The number of hydrogen-bond donors (Lipinski definition) is 0. The van der Waals surface area contributed by atoms with Crippen molar-refractivity contribution in [1.82, 2.24) is 0 Å². The number of esters is 2. The highest BCUT2D eigenvalue weighted by molar-refractivity contribution is 6.00. The van der Waals surface area contributed by atoms with Crippen LogP contribution in [0.3, 0.4) is 0 Å². The maximum atomic E-state index is 12.5. The van der Waals surface area contributed by atoms with Crippen molar-refractivity contribution in [3.63, 3.8) is 0 Å². The van der Waals surface area contributed by atoms with Crippen LogP contribution in [-0.4, -0.2) is 19.0 Å². The number of rotatable bonds is 3. The van der Waals surface area contributed by atoms with Crippen LogP contribution in [0.2, 0.25) is 0 Å². The van der Waals surface area contributed by atoms with Crippen molar-refractivity contribution in [2.45, 2.75) is 48.5 Å². The van der Waals surface area contributed by atoms with Crippen molar-refractivity contribution in [3.05, 3.63) is 29.8 Å². The molecule has 0 bridgehead atoms. The van der Waals surface area contributed by atoms with Gasteiger partial charge in [-0.25, -0.2) is 0 Å². The number of benzene rings is 2. The van der Waals surface area contributed by atoms with E-state index in [-0.39, 0.29) is 11.9 Å². The lowest BCUT2D eigenvalue weighted by atomic mass is 9.96. The van der Waals surface area contributed by atoms with E-state index in [1.165, 1.54) is 7.11 Å². The maximum absolute atomic E-state index is 12.5. The van der Waals surface area contributed by atoms with E-state index >= 15 is 0 Å². The summed E-state index contributed by atoms with van der Waals surface area (Å²) in [5.74, 6) is 0.407. The summed E-state index contributed by atoms with van der Waals surface area (Å²) in [5.41, 5.74) is -0.722. The van der Waals surface area contributed by atoms with Crippen molar-refractivity contribution in [2.75, 3.05) is 7.11 Å². The summed E-state index contributed by atoms with van der Waals surface area (Å²) in [6.07, 6.45) is 0. The highest BCUT2D eigenvalue weighted by atomic mass is 16.6. The first-order chi connectivity index (χ1) is 12.4. The molecule has 2 rings (SSSR count). The second kappa shape index (κ2) is 7.22. The minimum atomic E-state index is -0.669. The molecule has 0 N–H and O–H groups in total. The summed E-state index contributed by atoms with van der Waals surface area (Å²) < 4.78 is 17.0. The van der Waals surface area contributed by atoms with Crippen LogP contribution in [0.15, 0.2) is 24.3 Å². The first-order valence-electron chi connectivity index (χ1n) is 8.91. The van der Waals surface area contributed by atoms with E-state index in [1.807, 2.05) is 24.3 Å². The highest BCUT2D eigenvalue weighted by Crippen LogP contribution is 2.46. The van der Waals surface area contributed by atoms with E-state index in [1.54, 1.807) is 48.5 Å². The lowest BCUT2D eigenvalue weighted by Gasteiger charge is -2.23. The Hall–Kier alpha value is -2.56. The molecule has 0 spiro atoms. The molecule has 2 aromatic carbocycles. The molecule has 0 saturated carbocycles. The molecule has 0 saturated heterocycles. The molecule has 0 atom stereocenters. The van der Waals surface area contributed by atoms with Gasteiger partial charge in [-0.3, -0.25) is 9.59 Å². The smallest absolute Gasteiger partial charge is 0.316 e. The van der Waals surface area contributed by atoms with Gasteiger partial charge in [0.15, 0.2) is 11.5 Å². The molecule has 27 heavy (non-hydrogen) atoms. The largest absolute Gasteiger partial charge is 0.492 e. The predicted octanol–water partition coefficient (Wildman–Crippen LogP) is 5.06. The summed E-state index contributed by atoms with van der Waals surface area (Å²) in [6.45, 7) is 12.5. The highest BCUT2D eigenvalue weighted by Gasteiger charge is 2.30. The minimum absolute atomic E-state index is 0.334. The second-order valence-corrected chi connectivity index (χ2v) is 8.64. The SMILES string of the molecule is COc1c(C)c(OC(=O)C(C)(C)C)c2ccccc2c1OC(=O)C(C)(C)C. The van der Waals surface area contributed by atoms with Crippen molar-refractivity contribution in [2.24, 2.45) is 10.8 Å². The van der Waals surface area contributed by atoms with Gasteiger partial charge in [-0.1, -0.05) is 24.3 Å². The average molecular weight is 372 g/mol. The van der Waals surface area contributed by atoms with Gasteiger partial charge in [0.1, 0.15) is 5.75 Å². The van der Waals surface area contributed by atoms with Crippen molar-refractivity contribution >= 4 is 22.7 Å². The zero-order valence-corrected chi connectivity index (χ0v) is 17.4. The van der Waals surface area contributed by atoms with Gasteiger partial charge < -0.3 is 14.2 Å². The topological polar surface area (TPSA) is 61.8 Å². The number of carbonyl (C=O) groups excluding carboxylic acids is 2. The van der Waals surface area contributed by atoms with Gasteiger partial charge in [0.05, 0.1) is 17.9 Å². The fourth-order valence-corrected chi connectivity index (χ4v) is 2.45. The van der Waals surface area contributed by atoms with E-state index in [2.05, 4.69) is 0 Å². The number of fused-ring (bicyclic) bond motifs is 1. The molecule has 5 heteroatoms. The molecule has 0 amide bonds. The number of carbonyl (C=O) groups is 2. The monoisotopic (exact) mass is 372 g/mol. The van der Waals surface area contributed by atoms with Gasteiger partial charge in [-0.05, 0) is 48.5 Å². The number of ether oxygens (including phenoxy) is 3. The van der Waals surface area contributed by atoms with Crippen LogP contribution in [-0.2, 0) is 9.59 Å². The second-order valence-electron chi connectivity index (χ2n) is 8.64. The molecule has 0 aliphatic carbocycles. The van der Waals surface area contributed by atoms with Crippen LogP contribution in [0.25, 0.3) is 10.8 Å². The lowest BCUT2D eigenvalue weighted by Crippen LogP contribution is -2.27. The third-order valence-electron chi connectivity index (χ3n) is 4.12. The Morgan fingerprint density at radius 1 is 0.741 bits per heavy atom. The number of methoxy groups -OCH3 is 1. The van der Waals surface area contributed by atoms with Crippen molar-refractivity contribution in [1.29, 1.82) is 0 Å². The average Bonchev–Trinajstić information content (AvgIpc) is 2.56. The van der Waals surface area contributed by atoms with Crippen LogP contribution in [0, 0.1) is 17.8 Å². The number of hydrogen-bond acceptors (Lipinski definition) is 5. The first-order valence-corrected chi connectivity index (χ1v) is 8.91. The lowest BCUT2D eigenvalue weighted by molar-refractivity contribution is -0.143. The van der Waals surface area contributed by atoms with Crippen molar-refractivity contribution in [3.8, 4) is 17.2 Å². The van der Waals surface area contributed by atoms with E-state index in [4.69, 9.17) is 14.2 Å². The van der Waals surface area contributed by atoms with Crippen LogP contribution >= 0.6 is 0 Å². The molecule has 0 aromatic heterocycles. The normalized spacial score (nSPS) is 12.0. The van der Waals surface area contributed by atoms with Gasteiger partial charge in [-0.2, -0.15) is 0 Å². The van der Waals surface area contributed by atoms with Gasteiger partial charge in [-0.15, -0.1) is 0 Å². The van der Waals surface area contributed by atoms with Crippen molar-refractivity contribution < 1.29 is 23.8 Å². The predicted molar refractivity (Wildman–Crippen MR) is 105 cm³/mol. The third-order valence-corrected chi connectivity index (χ3v) is 4.12. The molecule has 5 nitrogen and oxygen atoms in total.